The third kappa shape index (κ3) is 4.31. The quantitative estimate of drug-likeness (QED) is 0.538. The molecule has 0 atom stereocenters. The minimum atomic E-state index is 1.11. The van der Waals surface area contributed by atoms with Gasteiger partial charge in [-0.3, -0.25) is 0 Å². The highest BCUT2D eigenvalue weighted by atomic mass is 33.7. The van der Waals surface area contributed by atoms with Gasteiger partial charge in [-0.2, -0.15) is 0 Å². The van der Waals surface area contributed by atoms with Gasteiger partial charge in [0.15, 0.2) is 0 Å². The van der Waals surface area contributed by atoms with E-state index in [0.717, 1.165) is 5.75 Å². The summed E-state index contributed by atoms with van der Waals surface area (Å²) < 4.78 is 0. The van der Waals surface area contributed by atoms with E-state index in [1.807, 2.05) is 30.4 Å². The van der Waals surface area contributed by atoms with Crippen molar-refractivity contribution in [1.29, 1.82) is 0 Å². The summed E-state index contributed by atoms with van der Waals surface area (Å²) in [6.45, 7) is 0. The second-order valence-electron chi connectivity index (χ2n) is 1.27. The van der Waals surface area contributed by atoms with Crippen LogP contribution in [0.25, 0.3) is 0 Å². The summed E-state index contributed by atoms with van der Waals surface area (Å²) in [4.78, 5) is 0. The lowest BCUT2D eigenvalue weighted by atomic mass is 10.5. The van der Waals surface area contributed by atoms with Crippen LogP contribution in [0, 0.1) is 0 Å². The molecule has 0 unspecified atom stereocenters. The van der Waals surface area contributed by atoms with Crippen molar-refractivity contribution in [3.8, 4) is 0 Å². The SMILES string of the molecule is C1=CCSSSSC=C1. The van der Waals surface area contributed by atoms with Crippen LogP contribution in [0.5, 0.6) is 0 Å². The third-order valence-corrected chi connectivity index (χ3v) is 6.49. The van der Waals surface area contributed by atoms with E-state index in [9.17, 15) is 0 Å². The van der Waals surface area contributed by atoms with E-state index in [1.54, 1.807) is 10.8 Å². The predicted molar refractivity (Wildman–Crippen MR) is 53.5 cm³/mol. The molecule has 0 fully saturated rings. The van der Waals surface area contributed by atoms with E-state index in [-0.39, 0.29) is 0 Å². The Balaban J connectivity index is 2.28. The Bertz CT molecular complexity index is 104. The van der Waals surface area contributed by atoms with E-state index < -0.39 is 0 Å². The van der Waals surface area contributed by atoms with E-state index in [0.29, 0.717) is 0 Å². The molecule has 0 amide bonds. The molecule has 0 aromatic rings. The molecule has 0 radical (unpaired) electrons. The molecule has 50 valence electrons. The molecule has 0 aromatic heterocycles. The molecule has 0 N–H and O–H groups in total. The Morgan fingerprint density at radius 1 is 1.11 bits per heavy atom. The van der Waals surface area contributed by atoms with E-state index in [4.69, 9.17) is 0 Å². The monoisotopic (exact) mass is 194 g/mol. The predicted octanol–water partition coefficient (Wildman–Crippen LogP) is 3.75. The molecule has 0 spiro atoms. The van der Waals surface area contributed by atoms with Crippen molar-refractivity contribution in [3.63, 3.8) is 0 Å². The van der Waals surface area contributed by atoms with Crippen LogP contribution in [0.4, 0.5) is 0 Å². The molecular formula is C5H6S4. The minimum absolute atomic E-state index is 1.11. The Morgan fingerprint density at radius 3 is 3.11 bits per heavy atom. The maximum atomic E-state index is 2.17. The fourth-order valence-electron chi connectivity index (χ4n) is 0.337. The molecule has 1 aliphatic heterocycles. The van der Waals surface area contributed by atoms with Crippen LogP contribution < -0.4 is 0 Å². The first kappa shape index (κ1) is 7.98. The van der Waals surface area contributed by atoms with Gasteiger partial charge in [0.05, 0.1) is 0 Å². The lowest BCUT2D eigenvalue weighted by Gasteiger charge is -1.89. The molecule has 0 saturated carbocycles. The lowest BCUT2D eigenvalue weighted by molar-refractivity contribution is 1.78. The zero-order valence-electron chi connectivity index (χ0n) is 4.65. The number of hydrogen-bond acceptors (Lipinski definition) is 4. The highest BCUT2D eigenvalue weighted by Gasteiger charge is 1.88. The zero-order valence-corrected chi connectivity index (χ0v) is 7.92. The minimum Gasteiger partial charge on any atom is -0.0775 e. The second-order valence-corrected chi connectivity index (χ2v) is 7.13. The second kappa shape index (κ2) is 5.65. The summed E-state index contributed by atoms with van der Waals surface area (Å²) in [5, 5.41) is 2.10. The smallest absolute Gasteiger partial charge is 0.0229 e. The average Bonchev–Trinajstić information content (AvgIpc) is 2.00. The molecule has 1 aliphatic rings. The van der Waals surface area contributed by atoms with Gasteiger partial charge in [-0.05, 0) is 25.1 Å². The normalized spacial score (nSPS) is 20.4. The topological polar surface area (TPSA) is 0 Å². The number of rotatable bonds is 0. The Labute approximate surface area is 70.5 Å². The summed E-state index contributed by atoms with van der Waals surface area (Å²) in [5.74, 6) is 1.11. The number of allylic oxidation sites excluding steroid dienone is 2. The van der Waals surface area contributed by atoms with Crippen molar-refractivity contribution < 1.29 is 0 Å². The van der Waals surface area contributed by atoms with Gasteiger partial charge < -0.3 is 0 Å². The summed E-state index contributed by atoms with van der Waals surface area (Å²) in [6, 6.07) is 0. The van der Waals surface area contributed by atoms with Gasteiger partial charge in [0.25, 0.3) is 0 Å². The summed E-state index contributed by atoms with van der Waals surface area (Å²) in [5.41, 5.74) is 0. The summed E-state index contributed by atoms with van der Waals surface area (Å²) in [6.07, 6.45) is 6.33. The van der Waals surface area contributed by atoms with Crippen LogP contribution in [0.15, 0.2) is 23.6 Å². The molecule has 0 saturated heterocycles. The van der Waals surface area contributed by atoms with E-state index in [2.05, 4.69) is 23.6 Å². The highest BCUT2D eigenvalue weighted by molar-refractivity contribution is 9.26. The summed E-state index contributed by atoms with van der Waals surface area (Å²) >= 11 is 0. The van der Waals surface area contributed by atoms with Crippen LogP contribution in [0.3, 0.4) is 0 Å². The van der Waals surface area contributed by atoms with E-state index >= 15 is 0 Å². The third-order valence-electron chi connectivity index (χ3n) is 0.661. The van der Waals surface area contributed by atoms with Gasteiger partial charge >= 0.3 is 0 Å². The molecule has 1 heterocycles. The first-order chi connectivity index (χ1) is 4.50. The van der Waals surface area contributed by atoms with Gasteiger partial charge in [-0.1, -0.05) is 39.8 Å². The van der Waals surface area contributed by atoms with Crippen molar-refractivity contribution in [2.45, 2.75) is 0 Å². The van der Waals surface area contributed by atoms with Gasteiger partial charge in [0.1, 0.15) is 0 Å². The largest absolute Gasteiger partial charge is 0.0775 e. The molecule has 0 nitrogen and oxygen atoms in total. The van der Waals surface area contributed by atoms with Crippen molar-refractivity contribution in [2.24, 2.45) is 0 Å². The van der Waals surface area contributed by atoms with Gasteiger partial charge in [0, 0.05) is 5.75 Å². The van der Waals surface area contributed by atoms with Crippen LogP contribution in [-0.4, -0.2) is 5.75 Å². The number of hydrogen-bond donors (Lipinski definition) is 0. The molecule has 4 heteroatoms. The lowest BCUT2D eigenvalue weighted by Crippen LogP contribution is -1.59. The fraction of sp³-hybridized carbons (Fsp3) is 0.200. The first-order valence-electron chi connectivity index (χ1n) is 2.43. The van der Waals surface area contributed by atoms with Gasteiger partial charge in [0.2, 0.25) is 0 Å². The Hall–Kier alpha value is 0.880. The molecule has 1 rings (SSSR count). The summed E-state index contributed by atoms with van der Waals surface area (Å²) in [7, 11) is 7.29. The zero-order chi connectivity index (χ0) is 6.36. The van der Waals surface area contributed by atoms with Crippen LogP contribution in [0.2, 0.25) is 0 Å². The standard InChI is InChI=1S/C5H6S4/c1-2-4-6-8-9-7-5-3-1/h1-4H,5H2. The maximum Gasteiger partial charge on any atom is 0.0229 e. The highest BCUT2D eigenvalue weighted by Crippen LogP contribution is 2.43. The van der Waals surface area contributed by atoms with Gasteiger partial charge in [-0.25, -0.2) is 0 Å². The molecule has 9 heavy (non-hydrogen) atoms. The van der Waals surface area contributed by atoms with Gasteiger partial charge in [-0.15, -0.1) is 0 Å². The van der Waals surface area contributed by atoms with Crippen molar-refractivity contribution in [3.05, 3.63) is 23.6 Å². The van der Waals surface area contributed by atoms with Crippen molar-refractivity contribution in [2.75, 3.05) is 5.75 Å². The van der Waals surface area contributed by atoms with Crippen LogP contribution >= 0.6 is 41.2 Å². The van der Waals surface area contributed by atoms with Crippen LogP contribution in [-0.2, 0) is 0 Å². The average molecular weight is 194 g/mol. The molecule has 0 aromatic carbocycles. The van der Waals surface area contributed by atoms with Crippen molar-refractivity contribution in [1.82, 2.24) is 0 Å². The maximum absolute atomic E-state index is 2.17. The van der Waals surface area contributed by atoms with Crippen LogP contribution in [0.1, 0.15) is 0 Å². The Kier molecular flexibility index (Phi) is 5.01. The Morgan fingerprint density at radius 2 is 2.11 bits per heavy atom. The first-order valence-corrected chi connectivity index (χ1v) is 7.48. The van der Waals surface area contributed by atoms with E-state index in [1.165, 1.54) is 0 Å². The molecule has 0 aliphatic carbocycles. The molecular weight excluding hydrogens is 188 g/mol. The fourth-order valence-corrected chi connectivity index (χ4v) is 5.28. The van der Waals surface area contributed by atoms with Crippen molar-refractivity contribution >= 4 is 41.2 Å². The molecule has 0 bridgehead atoms.